The highest BCUT2D eigenvalue weighted by Gasteiger charge is 2.77. The largest absolute Gasteiger partial charge is 0.459 e. The summed E-state index contributed by atoms with van der Waals surface area (Å²) in [5.74, 6) is -4.92. The molecule has 3 fully saturated rings. The van der Waals surface area contributed by atoms with Gasteiger partial charge in [0, 0.05) is 36.0 Å². The zero-order chi connectivity index (χ0) is 30.7. The lowest BCUT2D eigenvalue weighted by atomic mass is 9.39. The maximum absolute atomic E-state index is 14.1. The summed E-state index contributed by atoms with van der Waals surface area (Å²) in [6.45, 7) is 12.8. The predicted octanol–water partition coefficient (Wildman–Crippen LogP) is 2.38. The summed E-state index contributed by atoms with van der Waals surface area (Å²) in [5.41, 5.74) is -6.11. The van der Waals surface area contributed by atoms with E-state index in [0.29, 0.717) is 0 Å². The maximum atomic E-state index is 14.1. The number of ketones is 1. The average molecular weight is 573 g/mol. The molecular formula is C31H40O10. The van der Waals surface area contributed by atoms with Crippen LogP contribution in [0.1, 0.15) is 64.7 Å². The number of esters is 3. The Morgan fingerprint density at radius 2 is 1.54 bits per heavy atom. The highest BCUT2D eigenvalue weighted by molar-refractivity contribution is 5.96. The van der Waals surface area contributed by atoms with Crippen LogP contribution < -0.4 is 0 Å². The van der Waals surface area contributed by atoms with Gasteiger partial charge in [0.15, 0.2) is 11.4 Å². The molecule has 0 bridgehead atoms. The molecule has 0 radical (unpaired) electrons. The molecule has 1 aromatic carbocycles. The van der Waals surface area contributed by atoms with Gasteiger partial charge < -0.3 is 29.5 Å². The number of aliphatic hydroxyl groups excluding tert-OH is 2. The molecule has 3 N–H and O–H groups in total. The molecule has 1 aromatic rings. The van der Waals surface area contributed by atoms with Crippen molar-refractivity contribution in [1.29, 1.82) is 0 Å². The fraction of sp³-hybridized carbons (Fsp3) is 0.613. The third-order valence-corrected chi connectivity index (χ3v) is 9.90. The smallest absolute Gasteiger partial charge is 0.338 e. The van der Waals surface area contributed by atoms with Crippen LogP contribution in [-0.2, 0) is 28.6 Å². The Morgan fingerprint density at radius 1 is 0.951 bits per heavy atom. The van der Waals surface area contributed by atoms with Crippen LogP contribution >= 0.6 is 0 Å². The third kappa shape index (κ3) is 4.60. The number of ether oxygens (including phenoxy) is 3. The Labute approximate surface area is 239 Å². The van der Waals surface area contributed by atoms with Gasteiger partial charge in [-0.15, -0.1) is 6.58 Å². The van der Waals surface area contributed by atoms with Crippen LogP contribution in [0.15, 0.2) is 43.0 Å². The number of Topliss-reactive ketones (excluding diaryl/α,β-unsaturated/α-hetero) is 1. The molecule has 224 valence electrons. The van der Waals surface area contributed by atoms with Gasteiger partial charge in [0.2, 0.25) is 0 Å². The van der Waals surface area contributed by atoms with Crippen molar-refractivity contribution in [2.45, 2.75) is 90.5 Å². The van der Waals surface area contributed by atoms with Crippen molar-refractivity contribution in [3.63, 3.8) is 0 Å². The molecule has 3 aliphatic rings. The van der Waals surface area contributed by atoms with Gasteiger partial charge in [-0.1, -0.05) is 45.0 Å². The molecule has 4 rings (SSSR count). The molecule has 0 saturated heterocycles. The van der Waals surface area contributed by atoms with E-state index < -0.39 is 87.9 Å². The van der Waals surface area contributed by atoms with Gasteiger partial charge in [0.25, 0.3) is 0 Å². The van der Waals surface area contributed by atoms with Gasteiger partial charge in [0.1, 0.15) is 24.4 Å². The molecule has 10 atom stereocenters. The van der Waals surface area contributed by atoms with E-state index in [1.54, 1.807) is 45.9 Å². The molecule has 0 heterocycles. The lowest BCUT2D eigenvalue weighted by Crippen LogP contribution is -2.80. The maximum Gasteiger partial charge on any atom is 0.338 e. The van der Waals surface area contributed by atoms with E-state index in [4.69, 9.17) is 14.2 Å². The Kier molecular flexibility index (Phi) is 7.77. The van der Waals surface area contributed by atoms with E-state index in [0.717, 1.165) is 6.92 Å². The van der Waals surface area contributed by atoms with Gasteiger partial charge in [-0.3, -0.25) is 14.4 Å². The number of hydrogen-bond donors (Lipinski definition) is 3. The summed E-state index contributed by atoms with van der Waals surface area (Å²) >= 11 is 0. The normalized spacial score (nSPS) is 41.3. The summed E-state index contributed by atoms with van der Waals surface area (Å²) in [7, 11) is 0. The minimum Gasteiger partial charge on any atom is -0.459 e. The lowest BCUT2D eigenvalue weighted by Gasteiger charge is -2.68. The van der Waals surface area contributed by atoms with Crippen molar-refractivity contribution in [3.05, 3.63) is 48.6 Å². The summed E-state index contributed by atoms with van der Waals surface area (Å²) in [5, 5.41) is 35.9. The number of fused-ring (bicyclic) bond motifs is 3. The highest BCUT2D eigenvalue weighted by Crippen LogP contribution is 2.67. The standard InChI is InChI=1S/C31H40O10/c1-8-29(6)15-19(34)23-30(7)20(14-21(39-16(2)32)31(23,38)27(29)37)28(4,5)24(40-17(3)33)22(35)25(30)41-26(36)18-12-10-9-11-13-18/h8-13,19-25,34-35,38H,1,14-15H2,2-7H3/t19-,20+,21-,22+,23-,24-,25+,29-,30+,31+/m1/s1. The van der Waals surface area contributed by atoms with E-state index in [-0.39, 0.29) is 18.4 Å². The van der Waals surface area contributed by atoms with Crippen molar-refractivity contribution < 1.29 is 48.7 Å². The van der Waals surface area contributed by atoms with Crippen LogP contribution in [0, 0.1) is 28.1 Å². The van der Waals surface area contributed by atoms with E-state index in [2.05, 4.69) is 6.58 Å². The molecule has 0 amide bonds. The number of carbonyl (C=O) groups excluding carboxylic acids is 4. The first-order chi connectivity index (χ1) is 19.0. The number of aliphatic hydroxyl groups is 3. The van der Waals surface area contributed by atoms with Gasteiger partial charge in [-0.2, -0.15) is 0 Å². The quantitative estimate of drug-likeness (QED) is 0.272. The first kappa shape index (κ1) is 30.9. The fourth-order valence-corrected chi connectivity index (χ4v) is 8.15. The zero-order valence-corrected chi connectivity index (χ0v) is 24.3. The zero-order valence-electron chi connectivity index (χ0n) is 24.3. The highest BCUT2D eigenvalue weighted by atomic mass is 16.6. The molecule has 10 nitrogen and oxygen atoms in total. The molecular weight excluding hydrogens is 532 g/mol. The summed E-state index contributed by atoms with van der Waals surface area (Å²) < 4.78 is 17.2. The Hall–Kier alpha value is -3.08. The first-order valence-electron chi connectivity index (χ1n) is 13.8. The molecule has 41 heavy (non-hydrogen) atoms. The van der Waals surface area contributed by atoms with Gasteiger partial charge >= 0.3 is 17.9 Å². The topological polar surface area (TPSA) is 157 Å². The number of allylic oxidation sites excluding steroid dienone is 1. The van der Waals surface area contributed by atoms with Gasteiger partial charge in [-0.05, 0) is 37.8 Å². The van der Waals surface area contributed by atoms with Crippen molar-refractivity contribution in [2.75, 3.05) is 0 Å². The van der Waals surface area contributed by atoms with Crippen LogP contribution in [-0.4, -0.2) is 75.1 Å². The number of carbonyl (C=O) groups is 4. The van der Waals surface area contributed by atoms with Gasteiger partial charge in [-0.25, -0.2) is 4.79 Å². The number of hydrogen-bond acceptors (Lipinski definition) is 10. The van der Waals surface area contributed by atoms with Crippen LogP contribution in [0.4, 0.5) is 0 Å². The Bertz CT molecular complexity index is 1240. The van der Waals surface area contributed by atoms with Gasteiger partial charge in [0.05, 0.1) is 11.7 Å². The minimum absolute atomic E-state index is 0.106. The number of benzene rings is 1. The second-order valence-electron chi connectivity index (χ2n) is 12.8. The lowest BCUT2D eigenvalue weighted by molar-refractivity contribution is -0.313. The van der Waals surface area contributed by atoms with Crippen molar-refractivity contribution >= 4 is 23.7 Å². The summed E-state index contributed by atoms with van der Waals surface area (Å²) in [4.78, 5) is 52.0. The Balaban J connectivity index is 1.96. The molecule has 0 aromatic heterocycles. The van der Waals surface area contributed by atoms with E-state index in [1.807, 2.05) is 0 Å². The van der Waals surface area contributed by atoms with Crippen LogP contribution in [0.3, 0.4) is 0 Å². The molecule has 10 heteroatoms. The van der Waals surface area contributed by atoms with Crippen molar-refractivity contribution in [1.82, 2.24) is 0 Å². The number of rotatable bonds is 5. The molecule has 3 aliphatic carbocycles. The molecule has 0 spiro atoms. The third-order valence-electron chi connectivity index (χ3n) is 9.90. The SMILES string of the molecule is C=C[C@]1(C)C[C@@H](O)[C@H]2[C@](O)(C1=O)[C@H](OC(C)=O)C[C@H]1C(C)(C)[C@H](OC(C)=O)[C@H](O)[C@H](OC(=O)c3ccccc3)[C@@]12C. The first-order valence-corrected chi connectivity index (χ1v) is 13.8. The minimum atomic E-state index is -2.42. The second-order valence-corrected chi connectivity index (χ2v) is 12.8. The summed E-state index contributed by atoms with van der Waals surface area (Å²) in [6.07, 6.45) is -5.82. The molecule has 3 saturated carbocycles. The monoisotopic (exact) mass is 572 g/mol. The average Bonchev–Trinajstić information content (AvgIpc) is 2.89. The van der Waals surface area contributed by atoms with Crippen LogP contribution in [0.5, 0.6) is 0 Å². The van der Waals surface area contributed by atoms with Crippen LogP contribution in [0.2, 0.25) is 0 Å². The molecule has 0 aliphatic heterocycles. The predicted molar refractivity (Wildman–Crippen MR) is 145 cm³/mol. The molecule has 0 unspecified atom stereocenters. The van der Waals surface area contributed by atoms with E-state index in [1.165, 1.54) is 25.1 Å². The van der Waals surface area contributed by atoms with Crippen LogP contribution in [0.25, 0.3) is 0 Å². The van der Waals surface area contributed by atoms with E-state index >= 15 is 0 Å². The second kappa shape index (κ2) is 10.3. The van der Waals surface area contributed by atoms with Crippen molar-refractivity contribution in [2.24, 2.45) is 28.1 Å². The summed E-state index contributed by atoms with van der Waals surface area (Å²) in [6, 6.07) is 8.08. The van der Waals surface area contributed by atoms with E-state index in [9.17, 15) is 34.5 Å². The van der Waals surface area contributed by atoms with Crippen molar-refractivity contribution in [3.8, 4) is 0 Å². The fourth-order valence-electron chi connectivity index (χ4n) is 8.15. The Morgan fingerprint density at radius 3 is 2.07 bits per heavy atom.